The van der Waals surface area contributed by atoms with Crippen LogP contribution in [0.2, 0.25) is 5.02 Å². The molecule has 5 nitrogen and oxygen atoms in total. The van der Waals surface area contributed by atoms with E-state index in [2.05, 4.69) is 4.99 Å². The van der Waals surface area contributed by atoms with Gasteiger partial charge in [-0.05, 0) is 74.0 Å². The second-order valence-electron chi connectivity index (χ2n) is 6.47. The lowest BCUT2D eigenvalue weighted by atomic mass is 10.1. The van der Waals surface area contributed by atoms with Crippen molar-refractivity contribution in [3.63, 3.8) is 0 Å². The number of hydrogen-bond acceptors (Lipinski definition) is 5. The number of nitrogens with zero attached hydrogens (tertiary/aromatic N) is 2. The molecule has 0 spiro atoms. The largest absolute Gasteiger partial charge is 0.490 e. The van der Waals surface area contributed by atoms with Gasteiger partial charge in [0.15, 0.2) is 16.7 Å². The molecule has 1 fully saturated rings. The third-order valence-corrected chi connectivity index (χ3v) is 5.67. The van der Waals surface area contributed by atoms with Crippen LogP contribution in [-0.4, -0.2) is 35.7 Å². The number of hydrogen-bond donors (Lipinski definition) is 0. The molecular weight excluding hydrogens is 420 g/mol. The summed E-state index contributed by atoms with van der Waals surface area (Å²) in [5.74, 6) is 1.28. The first-order valence-corrected chi connectivity index (χ1v) is 11.1. The molecule has 2 aromatic carbocycles. The molecule has 0 N–H and O–H groups in total. The minimum Gasteiger partial charge on any atom is -0.490 e. The van der Waals surface area contributed by atoms with Gasteiger partial charge in [-0.15, -0.1) is 0 Å². The first kappa shape index (κ1) is 22.2. The van der Waals surface area contributed by atoms with Gasteiger partial charge in [-0.2, -0.15) is 0 Å². The van der Waals surface area contributed by atoms with Gasteiger partial charge in [0, 0.05) is 18.1 Å². The van der Waals surface area contributed by atoms with Crippen molar-refractivity contribution in [2.75, 3.05) is 19.7 Å². The SMILES string of the molecule is CCN=C1S/C(=C/c2ccc(OCc3ccc(Cl)cc3)c(OCC)c2)C(=O)N1CC. The number of amidine groups is 1. The van der Waals surface area contributed by atoms with Crippen LogP contribution in [0.4, 0.5) is 0 Å². The molecular formula is C23H25ClN2O3S. The molecule has 1 amide bonds. The van der Waals surface area contributed by atoms with E-state index in [0.29, 0.717) is 47.7 Å². The van der Waals surface area contributed by atoms with E-state index in [1.165, 1.54) is 11.8 Å². The summed E-state index contributed by atoms with van der Waals surface area (Å²) < 4.78 is 11.7. The van der Waals surface area contributed by atoms with Crippen LogP contribution in [-0.2, 0) is 11.4 Å². The molecule has 2 aromatic rings. The molecule has 7 heteroatoms. The van der Waals surface area contributed by atoms with Gasteiger partial charge >= 0.3 is 0 Å². The molecule has 1 aliphatic rings. The Bertz CT molecular complexity index is 957. The molecule has 0 saturated carbocycles. The summed E-state index contributed by atoms with van der Waals surface area (Å²) in [6.45, 7) is 8.02. The highest BCUT2D eigenvalue weighted by Gasteiger charge is 2.31. The summed E-state index contributed by atoms with van der Waals surface area (Å²) >= 11 is 7.34. The van der Waals surface area contributed by atoms with Crippen LogP contribution in [0, 0.1) is 0 Å². The van der Waals surface area contributed by atoms with E-state index >= 15 is 0 Å². The summed E-state index contributed by atoms with van der Waals surface area (Å²) in [4.78, 5) is 19.5. The number of rotatable bonds is 8. The first-order chi connectivity index (χ1) is 14.5. The van der Waals surface area contributed by atoms with E-state index in [0.717, 1.165) is 16.3 Å². The maximum Gasteiger partial charge on any atom is 0.266 e. The van der Waals surface area contributed by atoms with Crippen molar-refractivity contribution in [3.05, 3.63) is 63.5 Å². The van der Waals surface area contributed by atoms with Crippen molar-refractivity contribution < 1.29 is 14.3 Å². The van der Waals surface area contributed by atoms with Crippen LogP contribution in [0.3, 0.4) is 0 Å². The van der Waals surface area contributed by atoms with Crippen LogP contribution in [0.1, 0.15) is 31.9 Å². The molecule has 3 rings (SSSR count). The number of ether oxygens (including phenoxy) is 2. The zero-order chi connectivity index (χ0) is 21.5. The molecule has 0 aromatic heterocycles. The highest BCUT2D eigenvalue weighted by atomic mass is 35.5. The number of benzene rings is 2. The highest BCUT2D eigenvalue weighted by Crippen LogP contribution is 2.35. The lowest BCUT2D eigenvalue weighted by Gasteiger charge is -2.13. The summed E-state index contributed by atoms with van der Waals surface area (Å²) in [6.07, 6.45) is 1.87. The fraction of sp³-hybridized carbons (Fsp3) is 0.304. The third-order valence-electron chi connectivity index (χ3n) is 4.37. The molecule has 1 saturated heterocycles. The van der Waals surface area contributed by atoms with Gasteiger partial charge in [-0.3, -0.25) is 14.7 Å². The third kappa shape index (κ3) is 5.37. The van der Waals surface area contributed by atoms with Crippen LogP contribution in [0.5, 0.6) is 11.5 Å². The van der Waals surface area contributed by atoms with Crippen molar-refractivity contribution >= 4 is 40.5 Å². The Morgan fingerprint density at radius 2 is 1.83 bits per heavy atom. The van der Waals surface area contributed by atoms with Crippen molar-refractivity contribution in [2.45, 2.75) is 27.4 Å². The van der Waals surface area contributed by atoms with Crippen molar-refractivity contribution in [2.24, 2.45) is 4.99 Å². The Balaban J connectivity index is 1.80. The molecule has 1 heterocycles. The van der Waals surface area contributed by atoms with Crippen LogP contribution < -0.4 is 9.47 Å². The lowest BCUT2D eigenvalue weighted by Crippen LogP contribution is -2.28. The number of carbonyl (C=O) groups is 1. The Hall–Kier alpha value is -2.44. The van der Waals surface area contributed by atoms with Gasteiger partial charge in [-0.1, -0.05) is 29.8 Å². The first-order valence-electron chi connectivity index (χ1n) is 9.95. The molecule has 1 aliphatic heterocycles. The maximum atomic E-state index is 12.7. The van der Waals surface area contributed by atoms with Gasteiger partial charge in [0.2, 0.25) is 0 Å². The lowest BCUT2D eigenvalue weighted by molar-refractivity contribution is -0.122. The summed E-state index contributed by atoms with van der Waals surface area (Å²) in [7, 11) is 0. The van der Waals surface area contributed by atoms with Crippen LogP contribution >= 0.6 is 23.4 Å². The normalized spacial score (nSPS) is 16.5. The second-order valence-corrected chi connectivity index (χ2v) is 7.92. The molecule has 0 radical (unpaired) electrons. The molecule has 0 unspecified atom stereocenters. The Morgan fingerprint density at radius 3 is 2.50 bits per heavy atom. The fourth-order valence-corrected chi connectivity index (χ4v) is 4.17. The maximum absolute atomic E-state index is 12.7. The predicted octanol–water partition coefficient (Wildman–Crippen LogP) is 5.63. The molecule has 30 heavy (non-hydrogen) atoms. The van der Waals surface area contributed by atoms with E-state index in [1.807, 2.05) is 69.3 Å². The van der Waals surface area contributed by atoms with E-state index in [-0.39, 0.29) is 5.91 Å². The Morgan fingerprint density at radius 1 is 1.07 bits per heavy atom. The number of amides is 1. The molecule has 158 valence electrons. The van der Waals surface area contributed by atoms with Gasteiger partial charge < -0.3 is 9.47 Å². The average Bonchev–Trinajstić information content (AvgIpc) is 3.03. The molecule has 0 bridgehead atoms. The Kier molecular flexibility index (Phi) is 7.82. The fourth-order valence-electron chi connectivity index (χ4n) is 2.94. The van der Waals surface area contributed by atoms with E-state index in [4.69, 9.17) is 21.1 Å². The van der Waals surface area contributed by atoms with Gasteiger partial charge in [-0.25, -0.2) is 0 Å². The number of likely N-dealkylation sites (N-methyl/N-ethyl adjacent to an activating group) is 1. The number of aliphatic imine (C=N–C) groups is 1. The quantitative estimate of drug-likeness (QED) is 0.495. The van der Waals surface area contributed by atoms with Gasteiger partial charge in [0.25, 0.3) is 5.91 Å². The van der Waals surface area contributed by atoms with Crippen molar-refractivity contribution in [1.82, 2.24) is 4.90 Å². The van der Waals surface area contributed by atoms with E-state index in [1.54, 1.807) is 4.90 Å². The van der Waals surface area contributed by atoms with Crippen LogP contribution in [0.15, 0.2) is 52.4 Å². The minimum absolute atomic E-state index is 0.0178. The average molecular weight is 445 g/mol. The van der Waals surface area contributed by atoms with Crippen molar-refractivity contribution in [3.8, 4) is 11.5 Å². The summed E-state index contributed by atoms with van der Waals surface area (Å²) in [6, 6.07) is 13.2. The van der Waals surface area contributed by atoms with Gasteiger partial charge in [0.1, 0.15) is 6.61 Å². The number of halogens is 1. The topological polar surface area (TPSA) is 51.1 Å². The highest BCUT2D eigenvalue weighted by molar-refractivity contribution is 8.18. The number of carbonyl (C=O) groups excluding carboxylic acids is 1. The molecule has 0 atom stereocenters. The van der Waals surface area contributed by atoms with Crippen molar-refractivity contribution in [1.29, 1.82) is 0 Å². The Labute approximate surface area is 186 Å². The number of thioether (sulfide) groups is 1. The zero-order valence-corrected chi connectivity index (χ0v) is 18.9. The molecule has 0 aliphatic carbocycles. The summed E-state index contributed by atoms with van der Waals surface area (Å²) in [5, 5.41) is 1.45. The predicted molar refractivity (Wildman–Crippen MR) is 124 cm³/mol. The zero-order valence-electron chi connectivity index (χ0n) is 17.4. The smallest absolute Gasteiger partial charge is 0.266 e. The van der Waals surface area contributed by atoms with E-state index < -0.39 is 0 Å². The standard InChI is InChI=1S/C23H25ClN2O3S/c1-4-25-23-26(5-2)22(27)21(30-23)14-17-9-12-19(20(13-17)28-6-3)29-15-16-7-10-18(24)11-8-16/h7-14H,4-6,15H2,1-3H3/b21-14+,25-23?. The van der Waals surface area contributed by atoms with E-state index in [9.17, 15) is 4.79 Å². The minimum atomic E-state index is -0.0178. The monoisotopic (exact) mass is 444 g/mol. The van der Waals surface area contributed by atoms with Crippen LogP contribution in [0.25, 0.3) is 6.08 Å². The summed E-state index contributed by atoms with van der Waals surface area (Å²) in [5.41, 5.74) is 1.89. The van der Waals surface area contributed by atoms with Gasteiger partial charge in [0.05, 0.1) is 11.5 Å². The second kappa shape index (κ2) is 10.5.